The molecule has 636 valence electrons. The molecule has 0 N–H and O–H groups in total. The Morgan fingerprint density at radius 1 is 0.152 bits per heavy atom. The minimum absolute atomic E-state index is 0.932. The van der Waals surface area contributed by atoms with Crippen molar-refractivity contribution in [3.63, 3.8) is 0 Å². The first-order chi connectivity index (χ1) is 64.3. The van der Waals surface area contributed by atoms with Gasteiger partial charge in [-0.3, -0.25) is 0 Å². The highest BCUT2D eigenvalue weighted by Crippen LogP contribution is 2.59. The van der Waals surface area contributed by atoms with Crippen LogP contribution in [0.4, 0.5) is 0 Å². The number of benzene rings is 12. The van der Waals surface area contributed by atoms with E-state index < -0.39 is 0 Å². The van der Waals surface area contributed by atoms with Crippen molar-refractivity contribution < 1.29 is 26.5 Å². The van der Waals surface area contributed by atoms with E-state index in [0.717, 1.165) is 185 Å². The third-order valence-electron chi connectivity index (χ3n) is 27.0. The van der Waals surface area contributed by atoms with Gasteiger partial charge in [0, 0.05) is 66.4 Å². The molecule has 0 aliphatic heterocycles. The van der Waals surface area contributed by atoms with E-state index in [0.29, 0.717) is 0 Å². The van der Waals surface area contributed by atoms with Crippen molar-refractivity contribution >= 4 is 290 Å². The predicted molar refractivity (Wildman–Crippen MR) is 561 cm³/mol. The third-order valence-corrected chi connectivity index (χ3v) is 34.5. The summed E-state index contributed by atoms with van der Waals surface area (Å²) in [6.07, 6.45) is 0. The van der Waals surface area contributed by atoms with Gasteiger partial charge in [-0.25, -0.2) is 0 Å². The summed E-state index contributed by atoms with van der Waals surface area (Å²) in [7, 11) is 0. The molecule has 0 aliphatic carbocycles. The van der Waals surface area contributed by atoms with Crippen molar-refractivity contribution in [3.05, 3.63) is 322 Å². The molecule has 0 unspecified atom stereocenters. The molecule has 0 amide bonds. The zero-order valence-corrected chi connectivity index (χ0v) is 78.7. The number of hydrogen-bond acceptors (Lipinski definition) is 12. The van der Waals surface area contributed by atoms with Crippen molar-refractivity contribution in [1.29, 1.82) is 0 Å². The summed E-state index contributed by atoms with van der Waals surface area (Å²) in [5, 5.41) is 6.84. The molecular formula is C114H78N6O6S6. The molecule has 30 rings (SSSR count). The molecule has 30 aromatic rings. The third kappa shape index (κ3) is 10.8. The van der Waals surface area contributed by atoms with Gasteiger partial charge in [-0.1, -0.05) is 143 Å². The highest BCUT2D eigenvalue weighted by Gasteiger charge is 2.35. The maximum atomic E-state index is 6.85. The molecule has 0 radical (unpaired) electrons. The lowest BCUT2D eigenvalue weighted by atomic mass is 10.2. The molecule has 0 saturated heterocycles. The summed E-state index contributed by atoms with van der Waals surface area (Å²) >= 11 is 10.8. The van der Waals surface area contributed by atoms with E-state index in [-0.39, 0.29) is 0 Å². The Morgan fingerprint density at radius 3 is 0.591 bits per heavy atom. The quantitative estimate of drug-likeness (QED) is 0.164. The van der Waals surface area contributed by atoms with Gasteiger partial charge in [0.25, 0.3) is 0 Å². The van der Waals surface area contributed by atoms with Gasteiger partial charge in [-0.05, 0) is 262 Å². The zero-order chi connectivity index (χ0) is 88.3. The average Bonchev–Trinajstić information content (AvgIpc) is 1.51. The Kier molecular flexibility index (Phi) is 16.0. The van der Waals surface area contributed by atoms with Gasteiger partial charge in [0.2, 0.25) is 0 Å². The zero-order valence-electron chi connectivity index (χ0n) is 73.8. The molecule has 12 aromatic carbocycles. The van der Waals surface area contributed by atoms with Crippen molar-refractivity contribution in [2.24, 2.45) is 0 Å². The maximum absolute atomic E-state index is 6.85. The monoisotopic (exact) mass is 1820 g/mol. The van der Waals surface area contributed by atoms with Gasteiger partial charge in [0.05, 0.1) is 89.5 Å². The number of rotatable bonds is 6. The van der Waals surface area contributed by atoms with E-state index in [4.69, 9.17) is 26.5 Å². The van der Waals surface area contributed by atoms with E-state index in [1.807, 2.05) is 22.7 Å². The number of aromatic nitrogens is 6. The molecule has 0 spiro atoms. The predicted octanol–water partition coefficient (Wildman–Crippen LogP) is 35.6. The van der Waals surface area contributed by atoms with Crippen LogP contribution in [-0.4, -0.2) is 27.4 Å². The van der Waals surface area contributed by atoms with Crippen LogP contribution in [0.15, 0.2) is 281 Å². The summed E-state index contributed by atoms with van der Waals surface area (Å²) in [6.45, 7) is 25.6. The number of hydrogen-bond donors (Lipinski definition) is 0. The van der Waals surface area contributed by atoms with Gasteiger partial charge in [0.1, 0.15) is 44.3 Å². The summed E-state index contributed by atoms with van der Waals surface area (Å²) in [5.74, 6) is 0. The molecule has 18 aromatic heterocycles. The first-order valence-electron chi connectivity index (χ1n) is 44.5. The number of thiophene rings is 6. The molecule has 0 fully saturated rings. The smallest absolute Gasteiger partial charge is 0.171 e. The van der Waals surface area contributed by atoms with Gasteiger partial charge < -0.3 is 53.9 Å². The highest BCUT2D eigenvalue weighted by molar-refractivity contribution is 7.39. The van der Waals surface area contributed by atoms with Crippen LogP contribution < -0.4 is 0 Å². The Labute approximate surface area is 776 Å². The fourth-order valence-corrected chi connectivity index (χ4v) is 28.7. The normalized spacial score (nSPS) is 12.5. The fourth-order valence-electron chi connectivity index (χ4n) is 20.6. The summed E-state index contributed by atoms with van der Waals surface area (Å²) in [6, 6.07) is 92.4. The Bertz CT molecular complexity index is 9260. The Balaban J connectivity index is 0.0000000991. The molecule has 0 saturated carbocycles. The van der Waals surface area contributed by atoms with Crippen LogP contribution in [0.3, 0.4) is 0 Å². The van der Waals surface area contributed by atoms with Gasteiger partial charge in [0.15, 0.2) is 55.8 Å². The molecular weight excluding hydrogens is 1740 g/mol. The number of nitrogens with zero attached hydrogens (tertiary/aromatic N) is 6. The van der Waals surface area contributed by atoms with Crippen molar-refractivity contribution in [2.75, 3.05) is 0 Å². The lowest BCUT2D eigenvalue weighted by molar-refractivity contribution is 0.672. The van der Waals surface area contributed by atoms with Crippen molar-refractivity contribution in [1.82, 2.24) is 27.4 Å². The maximum Gasteiger partial charge on any atom is 0.171 e. The summed E-state index contributed by atoms with van der Waals surface area (Å²) in [5.41, 5.74) is 46.9. The molecule has 132 heavy (non-hydrogen) atoms. The number of fused-ring (bicyclic) bond motifs is 39. The van der Waals surface area contributed by atoms with Crippen LogP contribution in [-0.2, 0) is 0 Å². The summed E-state index contributed by atoms with van der Waals surface area (Å²) in [4.78, 5) is 0. The summed E-state index contributed by atoms with van der Waals surface area (Å²) < 4.78 is 69.3. The van der Waals surface area contributed by atoms with Gasteiger partial charge in [-0.15, -0.1) is 68.0 Å². The molecule has 0 aliphatic rings. The van der Waals surface area contributed by atoms with Crippen LogP contribution in [0, 0.1) is 83.1 Å². The topological polar surface area (TPSA) is 108 Å². The van der Waals surface area contributed by atoms with Crippen LogP contribution in [0.25, 0.3) is 256 Å². The standard InChI is InChI=1S/3C38H26N2O2S2/c2*1-19-5-11-23(12-6-19)39-27-17-21(3)9-15-25(27)31-29(39)35-33(41-31)37-38(43-35)34-36(44-37)30-32(42-34)26-16-10-22(4)18-28(26)40(30)24-13-7-20(2)8-14-24;1-19-5-11-23(12-6-19)39-29-25-15-9-21(3)17-27(25)41-33(29)35-31(39)37-38(43-35)32-36(44-37)34-30(26-16-10-22(4)18-28(26)42-34)40(32)24-13-7-20(2)8-14-24/h3*5-18H,1-4H3. The highest BCUT2D eigenvalue weighted by atomic mass is 32.1. The minimum Gasteiger partial charge on any atom is -0.453 e. The molecule has 0 bridgehead atoms. The Hall–Kier alpha value is -14.3. The fraction of sp³-hybridized carbons (Fsp3) is 0.105. The first-order valence-corrected chi connectivity index (χ1v) is 49.4. The van der Waals surface area contributed by atoms with Gasteiger partial charge in [-0.2, -0.15) is 0 Å². The van der Waals surface area contributed by atoms with Crippen LogP contribution in [0.5, 0.6) is 0 Å². The lowest BCUT2D eigenvalue weighted by Crippen LogP contribution is -1.94. The van der Waals surface area contributed by atoms with Crippen LogP contribution in [0.1, 0.15) is 66.8 Å². The van der Waals surface area contributed by atoms with E-state index in [9.17, 15) is 0 Å². The molecule has 18 heteroatoms. The number of furan rings is 6. The number of aryl methyl sites for hydroxylation is 12. The molecule has 18 heterocycles. The average molecular weight is 1820 g/mol. The first kappa shape index (κ1) is 76.5. The van der Waals surface area contributed by atoms with E-state index in [1.54, 1.807) is 45.3 Å². The van der Waals surface area contributed by atoms with E-state index >= 15 is 0 Å². The molecule has 0 atom stereocenters. The second-order valence-corrected chi connectivity index (χ2v) is 42.5. The molecule has 12 nitrogen and oxygen atoms in total. The minimum atomic E-state index is 0.932. The van der Waals surface area contributed by atoms with E-state index in [1.165, 1.54) is 137 Å². The SMILES string of the molecule is Cc1ccc(-n2c3c4ccc(C)cc4oc3c3sc4c(sc5c6oc7cc(C)ccc7c6n(-c6ccc(C)cc6)c54)c32)cc1.Cc1ccc(-n2c3cc(C)ccc3c3oc4c5sc6c(oc7c8ccc(C)cc8n(-c8ccc(C)cc8)c76)c5sc4c32)cc1.Cc1ccc(-n2c3cc(C)ccc3c3oc4c5sc6c(oc7c8ccc(C)cc8n(-c8ccc(C)cc8)c76)c5sc4c32)cc1. The van der Waals surface area contributed by atoms with Gasteiger partial charge >= 0.3 is 0 Å². The van der Waals surface area contributed by atoms with Crippen LogP contribution >= 0.6 is 68.0 Å². The van der Waals surface area contributed by atoms with Crippen LogP contribution in [0.2, 0.25) is 0 Å². The van der Waals surface area contributed by atoms with E-state index in [2.05, 4.69) is 365 Å². The largest absolute Gasteiger partial charge is 0.453 e. The Morgan fingerprint density at radius 2 is 0.348 bits per heavy atom. The second-order valence-electron chi connectivity index (χ2n) is 36.4. The van der Waals surface area contributed by atoms with Crippen molar-refractivity contribution in [2.45, 2.75) is 83.1 Å². The second kappa shape index (κ2) is 27.6. The van der Waals surface area contributed by atoms with Crippen molar-refractivity contribution in [3.8, 4) is 34.1 Å². The lowest BCUT2D eigenvalue weighted by Gasteiger charge is -2.08.